The molecule has 5 nitrogen and oxygen atoms in total. The topological polar surface area (TPSA) is 56.5 Å². The van der Waals surface area contributed by atoms with Crippen LogP contribution in [0.2, 0.25) is 0 Å². The van der Waals surface area contributed by atoms with Gasteiger partial charge in [-0.3, -0.25) is 4.40 Å². The second kappa shape index (κ2) is 5.36. The van der Waals surface area contributed by atoms with Crippen molar-refractivity contribution >= 4 is 11.7 Å². The van der Waals surface area contributed by atoms with Crippen LogP contribution in [0.25, 0.3) is 17.0 Å². The van der Waals surface area contributed by atoms with E-state index in [9.17, 15) is 4.79 Å². The third kappa shape index (κ3) is 2.50. The number of rotatable bonds is 3. The maximum atomic E-state index is 11.8. The molecule has 0 saturated heterocycles. The van der Waals surface area contributed by atoms with Gasteiger partial charge in [0.05, 0.1) is 12.3 Å². The van der Waals surface area contributed by atoms with Gasteiger partial charge >= 0.3 is 5.97 Å². The van der Waals surface area contributed by atoms with Crippen molar-refractivity contribution in [3.8, 4) is 11.3 Å². The minimum absolute atomic E-state index is 0.270. The van der Waals surface area contributed by atoms with E-state index < -0.39 is 5.97 Å². The summed E-state index contributed by atoms with van der Waals surface area (Å²) in [5, 5.41) is 0. The van der Waals surface area contributed by atoms with Gasteiger partial charge in [0, 0.05) is 11.9 Å². The molecule has 106 valence electrons. The Morgan fingerprint density at radius 1 is 1.24 bits per heavy atom. The maximum absolute atomic E-state index is 11.8. The number of nitrogens with zero attached hydrogens (tertiary/aromatic N) is 3. The quantitative estimate of drug-likeness (QED) is 0.693. The molecule has 0 fully saturated rings. The minimum atomic E-state index is -0.431. The first-order valence-electron chi connectivity index (χ1n) is 6.78. The Kier molecular flexibility index (Phi) is 3.39. The van der Waals surface area contributed by atoms with Gasteiger partial charge in [-0.25, -0.2) is 14.8 Å². The number of esters is 1. The number of hydrogen-bond acceptors (Lipinski definition) is 4. The molecular weight excluding hydrogens is 266 g/mol. The number of aromatic nitrogens is 3. The third-order valence-corrected chi connectivity index (χ3v) is 3.12. The van der Waals surface area contributed by atoms with Crippen molar-refractivity contribution in [2.24, 2.45) is 0 Å². The number of hydrogen-bond donors (Lipinski definition) is 0. The molecule has 2 heterocycles. The van der Waals surface area contributed by atoms with Crippen molar-refractivity contribution < 1.29 is 9.53 Å². The Morgan fingerprint density at radius 2 is 2.00 bits per heavy atom. The van der Waals surface area contributed by atoms with Crippen LogP contribution in [-0.4, -0.2) is 26.9 Å². The lowest BCUT2D eigenvalue weighted by Crippen LogP contribution is -2.04. The van der Waals surface area contributed by atoms with Gasteiger partial charge in [-0.15, -0.1) is 0 Å². The fourth-order valence-electron chi connectivity index (χ4n) is 2.22. The van der Waals surface area contributed by atoms with Gasteiger partial charge in [-0.2, -0.15) is 0 Å². The summed E-state index contributed by atoms with van der Waals surface area (Å²) >= 11 is 0. The molecular formula is C16H15N3O2. The van der Waals surface area contributed by atoms with Gasteiger partial charge in [0.15, 0.2) is 5.69 Å². The van der Waals surface area contributed by atoms with E-state index in [1.807, 2.05) is 47.7 Å². The number of carbonyl (C=O) groups excluding carboxylic acids is 1. The molecule has 0 aliphatic carbocycles. The molecule has 3 rings (SSSR count). The molecule has 21 heavy (non-hydrogen) atoms. The lowest BCUT2D eigenvalue weighted by molar-refractivity contribution is 0.0520. The van der Waals surface area contributed by atoms with E-state index in [1.54, 1.807) is 13.1 Å². The first-order valence-corrected chi connectivity index (χ1v) is 6.78. The third-order valence-electron chi connectivity index (χ3n) is 3.12. The summed E-state index contributed by atoms with van der Waals surface area (Å²) in [5.41, 5.74) is 3.11. The highest BCUT2D eigenvalue weighted by molar-refractivity contribution is 5.88. The fraction of sp³-hybridized carbons (Fsp3) is 0.188. The van der Waals surface area contributed by atoms with E-state index in [2.05, 4.69) is 9.97 Å². The van der Waals surface area contributed by atoms with Crippen LogP contribution in [0.1, 0.15) is 23.1 Å². The van der Waals surface area contributed by atoms with Crippen LogP contribution in [0.3, 0.4) is 0 Å². The zero-order valence-corrected chi connectivity index (χ0v) is 11.9. The van der Waals surface area contributed by atoms with Crippen molar-refractivity contribution in [3.63, 3.8) is 0 Å². The monoisotopic (exact) mass is 281 g/mol. The lowest BCUT2D eigenvalue weighted by atomic mass is 10.1. The lowest BCUT2D eigenvalue weighted by Gasteiger charge is -2.06. The average Bonchev–Trinajstić information content (AvgIpc) is 2.91. The molecule has 5 heteroatoms. The molecule has 0 N–H and O–H groups in total. The maximum Gasteiger partial charge on any atom is 0.358 e. The molecule has 3 aromatic rings. The normalized spacial score (nSPS) is 10.8. The highest BCUT2D eigenvalue weighted by Gasteiger charge is 2.15. The van der Waals surface area contributed by atoms with Gasteiger partial charge in [0.25, 0.3) is 0 Å². The number of ether oxygens (including phenoxy) is 1. The largest absolute Gasteiger partial charge is 0.461 e. The van der Waals surface area contributed by atoms with Gasteiger partial charge in [-0.1, -0.05) is 30.3 Å². The molecule has 0 saturated carbocycles. The Balaban J connectivity index is 2.18. The zero-order chi connectivity index (χ0) is 14.8. The summed E-state index contributed by atoms with van der Waals surface area (Å²) in [6.45, 7) is 4.00. The van der Waals surface area contributed by atoms with Crippen molar-refractivity contribution in [2.75, 3.05) is 6.61 Å². The number of benzene rings is 1. The van der Waals surface area contributed by atoms with Crippen LogP contribution in [-0.2, 0) is 4.74 Å². The first kappa shape index (κ1) is 13.3. The van der Waals surface area contributed by atoms with Crippen LogP contribution in [0.4, 0.5) is 0 Å². The molecule has 0 aliphatic rings. The van der Waals surface area contributed by atoms with Crippen molar-refractivity contribution in [2.45, 2.75) is 13.8 Å². The van der Waals surface area contributed by atoms with Gasteiger partial charge < -0.3 is 4.74 Å². The second-order valence-electron chi connectivity index (χ2n) is 4.67. The van der Waals surface area contributed by atoms with Crippen LogP contribution >= 0.6 is 0 Å². The van der Waals surface area contributed by atoms with Gasteiger partial charge in [-0.05, 0) is 25.5 Å². The van der Waals surface area contributed by atoms with E-state index in [4.69, 9.17) is 4.74 Å². The van der Waals surface area contributed by atoms with E-state index in [0.29, 0.717) is 12.4 Å². The van der Waals surface area contributed by atoms with E-state index in [0.717, 1.165) is 17.0 Å². The predicted octanol–water partition coefficient (Wildman–Crippen LogP) is 2.88. The standard InChI is InChI=1S/C16H15N3O2/c1-3-21-15(20)13-10-19-14(12-7-5-4-6-8-12)9-11(2)17-16(19)18-13/h4-10H,3H2,1-2H3. The molecule has 1 aromatic carbocycles. The first-order chi connectivity index (χ1) is 10.2. The Hall–Kier alpha value is -2.69. The molecule has 0 radical (unpaired) electrons. The van der Waals surface area contributed by atoms with Crippen LogP contribution < -0.4 is 0 Å². The molecule has 0 aliphatic heterocycles. The number of fused-ring (bicyclic) bond motifs is 1. The summed E-state index contributed by atoms with van der Waals surface area (Å²) in [6.07, 6.45) is 1.67. The summed E-state index contributed by atoms with van der Waals surface area (Å²) in [7, 11) is 0. The molecule has 0 unspecified atom stereocenters. The molecule has 0 bridgehead atoms. The second-order valence-corrected chi connectivity index (χ2v) is 4.67. The Morgan fingerprint density at radius 3 is 2.71 bits per heavy atom. The summed E-state index contributed by atoms with van der Waals surface area (Å²) in [5.74, 6) is 0.0663. The smallest absolute Gasteiger partial charge is 0.358 e. The van der Waals surface area contributed by atoms with Gasteiger partial charge in [0.1, 0.15) is 0 Å². The number of imidazole rings is 1. The number of aryl methyl sites for hydroxylation is 1. The number of carbonyl (C=O) groups is 1. The molecule has 0 atom stereocenters. The summed E-state index contributed by atoms with van der Waals surface area (Å²) in [6, 6.07) is 11.9. The van der Waals surface area contributed by atoms with Crippen LogP contribution in [0.15, 0.2) is 42.6 Å². The van der Waals surface area contributed by atoms with Crippen molar-refractivity contribution in [3.05, 3.63) is 54.0 Å². The van der Waals surface area contributed by atoms with E-state index >= 15 is 0 Å². The molecule has 0 spiro atoms. The minimum Gasteiger partial charge on any atom is -0.461 e. The van der Waals surface area contributed by atoms with Gasteiger partial charge in [0.2, 0.25) is 5.78 Å². The van der Waals surface area contributed by atoms with E-state index in [1.165, 1.54) is 0 Å². The average molecular weight is 281 g/mol. The van der Waals surface area contributed by atoms with Crippen molar-refractivity contribution in [1.82, 2.24) is 14.4 Å². The molecule has 0 amide bonds. The highest BCUT2D eigenvalue weighted by atomic mass is 16.5. The summed E-state index contributed by atoms with van der Waals surface area (Å²) in [4.78, 5) is 20.4. The zero-order valence-electron chi connectivity index (χ0n) is 11.9. The van der Waals surface area contributed by atoms with Crippen LogP contribution in [0, 0.1) is 6.92 Å². The predicted molar refractivity (Wildman–Crippen MR) is 79.1 cm³/mol. The van der Waals surface area contributed by atoms with Crippen molar-refractivity contribution in [1.29, 1.82) is 0 Å². The molecule has 2 aromatic heterocycles. The van der Waals surface area contributed by atoms with E-state index in [-0.39, 0.29) is 5.69 Å². The van der Waals surface area contributed by atoms with Crippen LogP contribution in [0.5, 0.6) is 0 Å². The highest BCUT2D eigenvalue weighted by Crippen LogP contribution is 2.21. The fourth-order valence-corrected chi connectivity index (χ4v) is 2.22. The Labute approximate surface area is 122 Å². The summed E-state index contributed by atoms with van der Waals surface area (Å²) < 4.78 is 6.80. The SMILES string of the molecule is CCOC(=O)c1cn2c(-c3ccccc3)cc(C)nc2n1. The Bertz CT molecular complexity index is 794.